The monoisotopic (exact) mass is 661 g/mol. The Morgan fingerprint density at radius 3 is 2.37 bits per heavy atom. The number of rotatable bonds is 6. The average Bonchev–Trinajstić information content (AvgIpc) is 3.50. The maximum Gasteiger partial charge on any atom is 0.423 e. The molecule has 2 aliphatic carbocycles. The maximum atomic E-state index is 15.0. The van der Waals surface area contributed by atoms with Crippen LogP contribution in [0.1, 0.15) is 29.5 Å². The fourth-order valence-corrected chi connectivity index (χ4v) is 8.27. The van der Waals surface area contributed by atoms with Gasteiger partial charge in [0.05, 0.1) is 43.1 Å². The molecule has 3 aromatic rings. The number of hydrogen-bond donors (Lipinski definition) is 2. The molecule has 6 unspecified atom stereocenters. The van der Waals surface area contributed by atoms with Crippen molar-refractivity contribution < 1.29 is 38.6 Å². The lowest BCUT2D eigenvalue weighted by atomic mass is 9.50. The molecular weight excluding hydrogens is 626 g/mol. The molecule has 5 amide bonds. The van der Waals surface area contributed by atoms with E-state index in [0.29, 0.717) is 21.7 Å². The summed E-state index contributed by atoms with van der Waals surface area (Å²) in [5, 5.41) is 11.3. The SMILES string of the molecule is COC(=O)N1C(=O)C2CC=C3C(CC4C(=O)N(Nc5ccc(C)cc5)C(=O)C4(c4ccccc4)C3C=Cc3ccc(O)c(OC)c3)C2C1=O. The van der Waals surface area contributed by atoms with Gasteiger partial charge in [0.15, 0.2) is 11.5 Å². The number of carbonyl (C=O) groups excluding carboxylic acids is 5. The first-order chi connectivity index (χ1) is 23.6. The van der Waals surface area contributed by atoms with Crippen molar-refractivity contribution in [2.75, 3.05) is 19.6 Å². The second kappa shape index (κ2) is 12.1. The number of aromatic hydroxyl groups is 1. The summed E-state index contributed by atoms with van der Waals surface area (Å²) in [6, 6.07) is 21.4. The van der Waals surface area contributed by atoms with Gasteiger partial charge in [-0.3, -0.25) is 24.6 Å². The first-order valence-electron chi connectivity index (χ1n) is 16.1. The number of anilines is 1. The Morgan fingerprint density at radius 1 is 0.939 bits per heavy atom. The molecule has 2 N–H and O–H groups in total. The Hall–Kier alpha value is -5.71. The molecule has 2 aliphatic heterocycles. The normalized spacial score (nSPS) is 27.5. The molecule has 11 nitrogen and oxygen atoms in total. The Bertz CT molecular complexity index is 1940. The number of benzene rings is 3. The number of hydrazine groups is 1. The van der Waals surface area contributed by atoms with Gasteiger partial charge in [0.2, 0.25) is 11.8 Å². The number of phenols is 1. The van der Waals surface area contributed by atoms with Crippen LogP contribution in [0.25, 0.3) is 6.08 Å². The zero-order chi connectivity index (χ0) is 34.6. The van der Waals surface area contributed by atoms with E-state index in [-0.39, 0.29) is 24.3 Å². The maximum absolute atomic E-state index is 15.0. The minimum atomic E-state index is -1.42. The van der Waals surface area contributed by atoms with E-state index in [2.05, 4.69) is 5.43 Å². The topological polar surface area (TPSA) is 143 Å². The minimum Gasteiger partial charge on any atom is -0.504 e. The highest BCUT2D eigenvalue weighted by molar-refractivity contribution is 6.16. The molecule has 0 spiro atoms. The van der Waals surface area contributed by atoms with Crippen molar-refractivity contribution in [1.29, 1.82) is 0 Å². The molecule has 2 saturated heterocycles. The number of nitrogens with zero attached hydrogens (tertiary/aromatic N) is 2. The van der Waals surface area contributed by atoms with Gasteiger partial charge in [-0.15, -0.1) is 0 Å². The highest BCUT2D eigenvalue weighted by atomic mass is 16.5. The number of carbonyl (C=O) groups is 5. The third-order valence-electron chi connectivity index (χ3n) is 10.5. The third kappa shape index (κ3) is 4.82. The lowest BCUT2D eigenvalue weighted by molar-refractivity contribution is -0.140. The Kier molecular flexibility index (Phi) is 7.85. The Balaban J connectivity index is 1.41. The molecule has 2 heterocycles. The van der Waals surface area contributed by atoms with E-state index in [1.165, 1.54) is 13.2 Å². The first kappa shape index (κ1) is 31.9. The summed E-state index contributed by atoms with van der Waals surface area (Å²) >= 11 is 0. The van der Waals surface area contributed by atoms with Crippen LogP contribution in [0.4, 0.5) is 10.5 Å². The molecule has 49 heavy (non-hydrogen) atoms. The Morgan fingerprint density at radius 2 is 1.67 bits per heavy atom. The number of methoxy groups -OCH3 is 2. The van der Waals surface area contributed by atoms with Crippen molar-refractivity contribution in [3.63, 3.8) is 0 Å². The molecule has 1 saturated carbocycles. The number of aryl methyl sites for hydroxylation is 1. The van der Waals surface area contributed by atoms with Gasteiger partial charge in [0, 0.05) is 5.92 Å². The van der Waals surface area contributed by atoms with E-state index in [4.69, 9.17) is 9.47 Å². The van der Waals surface area contributed by atoms with Crippen LogP contribution in [0.15, 0.2) is 90.5 Å². The smallest absolute Gasteiger partial charge is 0.423 e. The van der Waals surface area contributed by atoms with Crippen molar-refractivity contribution in [1.82, 2.24) is 9.91 Å². The van der Waals surface area contributed by atoms with Gasteiger partial charge in [-0.1, -0.05) is 77.9 Å². The van der Waals surface area contributed by atoms with E-state index in [0.717, 1.165) is 23.3 Å². The molecule has 0 radical (unpaired) electrons. The van der Waals surface area contributed by atoms with Crippen LogP contribution in [-0.2, 0) is 29.3 Å². The second-order valence-electron chi connectivity index (χ2n) is 12.9. The fourth-order valence-electron chi connectivity index (χ4n) is 8.27. The van der Waals surface area contributed by atoms with Crippen molar-refractivity contribution in [2.45, 2.75) is 25.2 Å². The molecule has 3 aromatic carbocycles. The third-order valence-corrected chi connectivity index (χ3v) is 10.5. The van der Waals surface area contributed by atoms with E-state index in [1.54, 1.807) is 30.3 Å². The van der Waals surface area contributed by atoms with E-state index in [9.17, 15) is 24.3 Å². The number of ether oxygens (including phenoxy) is 2. The summed E-state index contributed by atoms with van der Waals surface area (Å²) < 4.78 is 10.1. The summed E-state index contributed by atoms with van der Waals surface area (Å²) in [6.07, 6.45) is 4.81. The number of allylic oxidation sites excluding steroid dienone is 3. The van der Waals surface area contributed by atoms with Gasteiger partial charge in [-0.2, -0.15) is 9.91 Å². The standard InChI is InChI=1S/C38H35N3O8/c1-21-9-13-24(14-10-21)39-41-34(44)29-20-27-25(15-16-26-32(27)35(45)40(33(26)43)37(47)49-3)28(17-11-22-12-18-30(42)31(19-22)48-2)38(29,36(41)46)23-7-5-4-6-8-23/h4-15,17-19,26-29,32,39,42H,16,20H2,1-3H3. The van der Waals surface area contributed by atoms with Crippen molar-refractivity contribution in [2.24, 2.45) is 29.6 Å². The minimum absolute atomic E-state index is 0.0341. The number of nitrogens with one attached hydrogen (secondary N) is 1. The summed E-state index contributed by atoms with van der Waals surface area (Å²) in [5.74, 6) is -5.97. The van der Waals surface area contributed by atoms with E-state index < -0.39 is 64.7 Å². The zero-order valence-corrected chi connectivity index (χ0v) is 27.2. The predicted molar refractivity (Wildman–Crippen MR) is 177 cm³/mol. The highest BCUT2D eigenvalue weighted by Gasteiger charge is 2.70. The van der Waals surface area contributed by atoms with Gasteiger partial charge in [-0.25, -0.2) is 4.79 Å². The molecule has 250 valence electrons. The number of likely N-dealkylation sites (tertiary alicyclic amines) is 1. The molecule has 6 atom stereocenters. The van der Waals surface area contributed by atoms with Crippen LogP contribution in [0.2, 0.25) is 0 Å². The molecular formula is C38H35N3O8. The van der Waals surface area contributed by atoms with Gasteiger partial charge in [-0.05, 0) is 61.1 Å². The summed E-state index contributed by atoms with van der Waals surface area (Å²) in [4.78, 5) is 70.1. The quantitative estimate of drug-likeness (QED) is 0.276. The van der Waals surface area contributed by atoms with Crippen LogP contribution in [0, 0.1) is 36.5 Å². The summed E-state index contributed by atoms with van der Waals surface area (Å²) in [6.45, 7) is 1.94. The van der Waals surface area contributed by atoms with E-state index >= 15 is 4.79 Å². The van der Waals surface area contributed by atoms with Crippen molar-refractivity contribution in [3.05, 3.63) is 107 Å². The van der Waals surface area contributed by atoms with Gasteiger partial charge in [0.25, 0.3) is 11.8 Å². The lowest BCUT2D eigenvalue weighted by Crippen LogP contribution is -2.54. The van der Waals surface area contributed by atoms with Crippen LogP contribution in [0.3, 0.4) is 0 Å². The van der Waals surface area contributed by atoms with Gasteiger partial charge < -0.3 is 14.6 Å². The van der Waals surface area contributed by atoms with Crippen LogP contribution < -0.4 is 10.2 Å². The number of amides is 5. The molecule has 11 heteroatoms. The molecule has 7 rings (SSSR count). The fraction of sp³-hybridized carbons (Fsp3) is 0.289. The van der Waals surface area contributed by atoms with E-state index in [1.807, 2.05) is 61.5 Å². The number of phenolic OH excluding ortho intramolecular Hbond substituents is 1. The summed E-state index contributed by atoms with van der Waals surface area (Å²) in [5.41, 5.74) is 5.26. The van der Waals surface area contributed by atoms with Crippen LogP contribution >= 0.6 is 0 Å². The number of hydrogen-bond acceptors (Lipinski definition) is 9. The number of imide groups is 4. The number of fused-ring (bicyclic) bond motifs is 4. The average molecular weight is 662 g/mol. The summed E-state index contributed by atoms with van der Waals surface area (Å²) in [7, 11) is 2.56. The largest absolute Gasteiger partial charge is 0.504 e. The van der Waals surface area contributed by atoms with Crippen molar-refractivity contribution >= 4 is 41.5 Å². The lowest BCUT2D eigenvalue weighted by Gasteiger charge is -2.49. The zero-order valence-electron chi connectivity index (χ0n) is 27.2. The van der Waals surface area contributed by atoms with Gasteiger partial charge in [0.1, 0.15) is 0 Å². The van der Waals surface area contributed by atoms with Crippen LogP contribution in [0.5, 0.6) is 11.5 Å². The molecule has 0 aromatic heterocycles. The van der Waals surface area contributed by atoms with Gasteiger partial charge >= 0.3 is 6.09 Å². The second-order valence-corrected chi connectivity index (χ2v) is 12.9. The Labute approximate surface area is 282 Å². The molecule has 4 aliphatic rings. The van der Waals surface area contributed by atoms with Crippen molar-refractivity contribution in [3.8, 4) is 11.5 Å². The first-order valence-corrected chi connectivity index (χ1v) is 16.1. The molecule has 0 bridgehead atoms. The highest BCUT2D eigenvalue weighted by Crippen LogP contribution is 2.61. The predicted octanol–water partition coefficient (Wildman–Crippen LogP) is 5.01. The van der Waals surface area contributed by atoms with Crippen LogP contribution in [-0.4, -0.2) is 59.0 Å². The molecule has 3 fully saturated rings.